The maximum Gasteiger partial charge on any atom is 0.0501 e. The summed E-state index contributed by atoms with van der Waals surface area (Å²) in [5.41, 5.74) is 7.50. The van der Waals surface area contributed by atoms with Gasteiger partial charge in [-0.15, -0.1) is 0 Å². The Hall–Kier alpha value is -1.13. The largest absolute Gasteiger partial charge is 0.397 e. The van der Waals surface area contributed by atoms with Crippen LogP contribution in [0.5, 0.6) is 0 Å². The summed E-state index contributed by atoms with van der Waals surface area (Å²) in [7, 11) is 4.43. The fourth-order valence-corrected chi connectivity index (χ4v) is 2.49. The second kappa shape index (κ2) is 6.16. The highest BCUT2D eigenvalue weighted by Gasteiger charge is 2.20. The highest BCUT2D eigenvalue weighted by atomic mass is 15.2. The zero-order valence-corrected chi connectivity index (χ0v) is 11.5. The minimum atomic E-state index is 0.731. The third-order valence-corrected chi connectivity index (χ3v) is 3.88. The molecule has 0 unspecified atom stereocenters. The number of nitrogens with two attached hydrogens (primary N) is 1. The van der Waals surface area contributed by atoms with Gasteiger partial charge in [-0.3, -0.25) is 4.98 Å². The van der Waals surface area contributed by atoms with Crippen molar-refractivity contribution in [2.75, 3.05) is 39.5 Å². The molecule has 18 heavy (non-hydrogen) atoms. The van der Waals surface area contributed by atoms with Gasteiger partial charge in [0.05, 0.1) is 11.9 Å². The molecule has 1 aliphatic rings. The van der Waals surface area contributed by atoms with E-state index in [0.29, 0.717) is 0 Å². The predicted octanol–water partition coefficient (Wildman–Crippen LogP) is 1.23. The zero-order valence-electron chi connectivity index (χ0n) is 11.5. The summed E-state index contributed by atoms with van der Waals surface area (Å²) < 4.78 is 0. The Balaban J connectivity index is 1.77. The van der Waals surface area contributed by atoms with Crippen molar-refractivity contribution in [1.29, 1.82) is 0 Å². The van der Waals surface area contributed by atoms with Crippen LogP contribution in [0.1, 0.15) is 18.5 Å². The Bertz CT molecular complexity index is 355. The molecule has 0 aromatic carbocycles. The van der Waals surface area contributed by atoms with Crippen LogP contribution in [0.15, 0.2) is 18.3 Å². The van der Waals surface area contributed by atoms with Gasteiger partial charge in [0.25, 0.3) is 0 Å². The predicted molar refractivity (Wildman–Crippen MR) is 75.5 cm³/mol. The van der Waals surface area contributed by atoms with Gasteiger partial charge in [0.2, 0.25) is 0 Å². The molecule has 4 heteroatoms. The minimum absolute atomic E-state index is 0.731. The van der Waals surface area contributed by atoms with Crippen molar-refractivity contribution in [3.05, 3.63) is 24.0 Å². The van der Waals surface area contributed by atoms with Crippen molar-refractivity contribution in [3.8, 4) is 0 Å². The maximum absolute atomic E-state index is 5.63. The van der Waals surface area contributed by atoms with Crippen LogP contribution in [0, 0.1) is 0 Å². The Morgan fingerprint density at radius 2 is 2.11 bits per heavy atom. The normalized spacial score (nSPS) is 18.4. The standard InChI is InChI=1S/C14H24N4/c1-17-8-6-14(7-9-17)18(2)10-5-13-4-3-12(15)11-16-13/h3-4,11,14H,5-10,15H2,1-2H3. The van der Waals surface area contributed by atoms with Crippen molar-refractivity contribution in [3.63, 3.8) is 0 Å². The van der Waals surface area contributed by atoms with Crippen LogP contribution in [0.25, 0.3) is 0 Å². The average Bonchev–Trinajstić information content (AvgIpc) is 2.38. The molecule has 0 amide bonds. The Morgan fingerprint density at radius 3 is 2.72 bits per heavy atom. The Kier molecular flexibility index (Phi) is 4.55. The molecule has 4 nitrogen and oxygen atoms in total. The number of hydrogen-bond donors (Lipinski definition) is 1. The number of likely N-dealkylation sites (N-methyl/N-ethyl adjacent to an activating group) is 1. The zero-order chi connectivity index (χ0) is 13.0. The number of likely N-dealkylation sites (tertiary alicyclic amines) is 1. The number of nitrogen functional groups attached to an aromatic ring is 1. The molecule has 100 valence electrons. The van der Waals surface area contributed by atoms with E-state index in [0.717, 1.165) is 30.4 Å². The molecule has 0 aliphatic carbocycles. The van der Waals surface area contributed by atoms with Gasteiger partial charge in [-0.25, -0.2) is 0 Å². The van der Waals surface area contributed by atoms with E-state index in [-0.39, 0.29) is 0 Å². The lowest BCUT2D eigenvalue weighted by Gasteiger charge is -2.35. The highest BCUT2D eigenvalue weighted by Crippen LogP contribution is 2.14. The fraction of sp³-hybridized carbons (Fsp3) is 0.643. The van der Waals surface area contributed by atoms with Crippen molar-refractivity contribution in [1.82, 2.24) is 14.8 Å². The quantitative estimate of drug-likeness (QED) is 0.870. The molecule has 0 spiro atoms. The Morgan fingerprint density at radius 1 is 1.39 bits per heavy atom. The molecule has 2 rings (SSSR count). The first kappa shape index (κ1) is 13.3. The lowest BCUT2D eigenvalue weighted by Crippen LogP contribution is -2.42. The number of hydrogen-bond acceptors (Lipinski definition) is 4. The molecule has 0 atom stereocenters. The lowest BCUT2D eigenvalue weighted by atomic mass is 10.0. The first-order valence-corrected chi connectivity index (χ1v) is 6.74. The number of pyridine rings is 1. The molecule has 2 N–H and O–H groups in total. The van der Waals surface area contributed by atoms with Gasteiger partial charge in [-0.1, -0.05) is 0 Å². The molecular formula is C14H24N4. The number of piperidine rings is 1. The van der Waals surface area contributed by atoms with Gasteiger partial charge in [-0.2, -0.15) is 0 Å². The molecule has 1 fully saturated rings. The summed E-state index contributed by atoms with van der Waals surface area (Å²) in [5, 5.41) is 0. The van der Waals surface area contributed by atoms with Crippen molar-refractivity contribution < 1.29 is 0 Å². The van der Waals surface area contributed by atoms with E-state index in [1.54, 1.807) is 6.20 Å². The van der Waals surface area contributed by atoms with E-state index in [4.69, 9.17) is 5.73 Å². The van der Waals surface area contributed by atoms with E-state index in [1.165, 1.54) is 25.9 Å². The summed E-state index contributed by atoms with van der Waals surface area (Å²) in [6.45, 7) is 3.51. The summed E-state index contributed by atoms with van der Waals surface area (Å²) >= 11 is 0. The monoisotopic (exact) mass is 248 g/mol. The van der Waals surface area contributed by atoms with E-state index < -0.39 is 0 Å². The van der Waals surface area contributed by atoms with Crippen LogP contribution in [0.4, 0.5) is 5.69 Å². The van der Waals surface area contributed by atoms with Crippen LogP contribution in [0.3, 0.4) is 0 Å². The van der Waals surface area contributed by atoms with Crippen LogP contribution < -0.4 is 5.73 Å². The van der Waals surface area contributed by atoms with Gasteiger partial charge in [0.1, 0.15) is 0 Å². The first-order valence-electron chi connectivity index (χ1n) is 6.74. The second-order valence-corrected chi connectivity index (χ2v) is 5.35. The minimum Gasteiger partial charge on any atom is -0.397 e. The molecule has 1 aliphatic heterocycles. The summed E-state index contributed by atoms with van der Waals surface area (Å²) in [5.74, 6) is 0. The van der Waals surface area contributed by atoms with Gasteiger partial charge < -0.3 is 15.5 Å². The number of nitrogens with zero attached hydrogens (tertiary/aromatic N) is 3. The Labute approximate surface area is 110 Å². The number of rotatable bonds is 4. The number of anilines is 1. The van der Waals surface area contributed by atoms with Gasteiger partial charge >= 0.3 is 0 Å². The molecule has 1 saturated heterocycles. The van der Waals surface area contributed by atoms with Gasteiger partial charge in [0, 0.05) is 24.7 Å². The smallest absolute Gasteiger partial charge is 0.0501 e. The fourth-order valence-electron chi connectivity index (χ4n) is 2.49. The molecule has 2 heterocycles. The molecular weight excluding hydrogens is 224 g/mol. The van der Waals surface area contributed by atoms with E-state index >= 15 is 0 Å². The molecule has 0 radical (unpaired) electrons. The third kappa shape index (κ3) is 3.68. The van der Waals surface area contributed by atoms with Crippen molar-refractivity contribution >= 4 is 5.69 Å². The second-order valence-electron chi connectivity index (χ2n) is 5.35. The summed E-state index contributed by atoms with van der Waals surface area (Å²) in [6.07, 6.45) is 5.30. The van der Waals surface area contributed by atoms with Crippen molar-refractivity contribution in [2.24, 2.45) is 0 Å². The highest BCUT2D eigenvalue weighted by molar-refractivity contribution is 5.34. The molecule has 0 saturated carbocycles. The topological polar surface area (TPSA) is 45.4 Å². The number of aromatic nitrogens is 1. The molecule has 0 bridgehead atoms. The molecule has 1 aromatic rings. The molecule has 1 aromatic heterocycles. The van der Waals surface area contributed by atoms with E-state index in [1.807, 2.05) is 12.1 Å². The van der Waals surface area contributed by atoms with Crippen LogP contribution in [0.2, 0.25) is 0 Å². The third-order valence-electron chi connectivity index (χ3n) is 3.88. The van der Waals surface area contributed by atoms with Crippen molar-refractivity contribution in [2.45, 2.75) is 25.3 Å². The summed E-state index contributed by atoms with van der Waals surface area (Å²) in [6, 6.07) is 4.69. The van der Waals surface area contributed by atoms with Crippen LogP contribution >= 0.6 is 0 Å². The average molecular weight is 248 g/mol. The lowest BCUT2D eigenvalue weighted by molar-refractivity contribution is 0.145. The maximum atomic E-state index is 5.63. The first-order chi connectivity index (χ1) is 8.65. The van der Waals surface area contributed by atoms with Gasteiger partial charge in [0.15, 0.2) is 0 Å². The van der Waals surface area contributed by atoms with Crippen LogP contribution in [-0.2, 0) is 6.42 Å². The SMILES string of the molecule is CN1CCC(N(C)CCc2ccc(N)cn2)CC1. The summed E-state index contributed by atoms with van der Waals surface area (Å²) in [4.78, 5) is 9.23. The van der Waals surface area contributed by atoms with Gasteiger partial charge in [-0.05, 0) is 52.2 Å². The van der Waals surface area contributed by atoms with E-state index in [9.17, 15) is 0 Å². The van der Waals surface area contributed by atoms with E-state index in [2.05, 4.69) is 28.9 Å². The van der Waals surface area contributed by atoms with Crippen LogP contribution in [-0.4, -0.2) is 54.6 Å².